The molecule has 134 valence electrons. The maximum absolute atomic E-state index is 13.3. The molecule has 1 aliphatic heterocycles. The summed E-state index contributed by atoms with van der Waals surface area (Å²) < 4.78 is 77.8. The van der Waals surface area contributed by atoms with Crippen molar-refractivity contribution in [3.8, 4) is 0 Å². The van der Waals surface area contributed by atoms with Crippen LogP contribution in [0.25, 0.3) is 0 Å². The fraction of sp³-hybridized carbons (Fsp3) is 0.429. The molecule has 2 rings (SSSR count). The van der Waals surface area contributed by atoms with Crippen LogP contribution in [0.15, 0.2) is 35.1 Å². The van der Waals surface area contributed by atoms with Gasteiger partial charge in [0, 0.05) is 31.1 Å². The van der Waals surface area contributed by atoms with Gasteiger partial charge in [-0.15, -0.1) is 0 Å². The van der Waals surface area contributed by atoms with Crippen LogP contribution in [0.3, 0.4) is 0 Å². The number of nitrogens with zero attached hydrogens (tertiary/aromatic N) is 1. The molecule has 10 heteroatoms. The smallest absolute Gasteiger partial charge is 0.211 e. The first-order chi connectivity index (χ1) is 11.1. The summed E-state index contributed by atoms with van der Waals surface area (Å²) in [5.74, 6) is -2.18. The van der Waals surface area contributed by atoms with Gasteiger partial charge in [0.05, 0.1) is 4.90 Å². The molecule has 0 aliphatic carbocycles. The Balaban J connectivity index is 2.14. The van der Waals surface area contributed by atoms with Crippen LogP contribution in [0.4, 0.5) is 8.78 Å². The fourth-order valence-electron chi connectivity index (χ4n) is 2.53. The molecule has 0 saturated carbocycles. The summed E-state index contributed by atoms with van der Waals surface area (Å²) in [5.41, 5.74) is 0. The van der Waals surface area contributed by atoms with Crippen LogP contribution in [0.1, 0.15) is 12.8 Å². The summed E-state index contributed by atoms with van der Waals surface area (Å²) in [6, 6.07) is 2.13. The van der Waals surface area contributed by atoms with Crippen molar-refractivity contribution in [2.45, 2.75) is 17.7 Å². The predicted molar refractivity (Wildman–Crippen MR) is 85.0 cm³/mol. The Labute approximate surface area is 140 Å². The van der Waals surface area contributed by atoms with E-state index >= 15 is 0 Å². The van der Waals surface area contributed by atoms with Gasteiger partial charge in [-0.25, -0.2) is 30.3 Å². The Bertz CT molecular complexity index is 805. The Kier molecular flexibility index (Phi) is 5.74. The second-order valence-corrected chi connectivity index (χ2v) is 9.19. The molecule has 0 amide bonds. The number of halogens is 2. The summed E-state index contributed by atoms with van der Waals surface area (Å²) in [5, 5.41) is 0.778. The number of nitrogens with one attached hydrogen (secondary N) is 1. The highest BCUT2D eigenvalue weighted by molar-refractivity contribution is 7.92. The molecule has 0 unspecified atom stereocenters. The zero-order valence-corrected chi connectivity index (χ0v) is 14.4. The maximum atomic E-state index is 13.3. The topological polar surface area (TPSA) is 83.6 Å². The van der Waals surface area contributed by atoms with Gasteiger partial charge in [0.2, 0.25) is 20.0 Å². The lowest BCUT2D eigenvalue weighted by atomic mass is 10.0. The van der Waals surface area contributed by atoms with E-state index < -0.39 is 36.6 Å². The van der Waals surface area contributed by atoms with E-state index in [1.807, 2.05) is 0 Å². The largest absolute Gasteiger partial charge is 0.243 e. The molecule has 1 saturated heterocycles. The van der Waals surface area contributed by atoms with E-state index in [9.17, 15) is 25.6 Å². The third-order valence-corrected chi connectivity index (χ3v) is 6.60. The first kappa shape index (κ1) is 19.0. The van der Waals surface area contributed by atoms with Crippen molar-refractivity contribution < 1.29 is 25.6 Å². The number of hydrogen-bond acceptors (Lipinski definition) is 4. The van der Waals surface area contributed by atoms with Crippen molar-refractivity contribution in [2.24, 2.45) is 5.92 Å². The highest BCUT2D eigenvalue weighted by Crippen LogP contribution is 2.24. The minimum absolute atomic E-state index is 0.0673. The monoisotopic (exact) mass is 380 g/mol. The lowest BCUT2D eigenvalue weighted by Crippen LogP contribution is -2.43. The van der Waals surface area contributed by atoms with Gasteiger partial charge in [0.1, 0.15) is 11.6 Å². The molecule has 1 heterocycles. The van der Waals surface area contributed by atoms with E-state index in [-0.39, 0.29) is 25.6 Å². The number of hydrogen-bond donors (Lipinski definition) is 1. The SMILES string of the molecule is C=CS(=O)(=O)NC[C@H]1CCCN(S(=O)(=O)c2cc(F)cc(F)c2)C1. The van der Waals surface area contributed by atoms with Crippen LogP contribution in [0.2, 0.25) is 0 Å². The van der Waals surface area contributed by atoms with E-state index in [1.54, 1.807) is 0 Å². The Morgan fingerprint density at radius 2 is 1.83 bits per heavy atom. The summed E-state index contributed by atoms with van der Waals surface area (Å²) in [6.45, 7) is 3.53. The van der Waals surface area contributed by atoms with Gasteiger partial charge in [0.25, 0.3) is 0 Å². The van der Waals surface area contributed by atoms with Crippen LogP contribution in [-0.2, 0) is 20.0 Å². The second kappa shape index (κ2) is 7.26. The predicted octanol–water partition coefficient (Wildman–Crippen LogP) is 1.43. The minimum Gasteiger partial charge on any atom is -0.211 e. The molecule has 0 radical (unpaired) electrons. The van der Waals surface area contributed by atoms with E-state index in [0.29, 0.717) is 18.9 Å². The molecule has 24 heavy (non-hydrogen) atoms. The van der Waals surface area contributed by atoms with Crippen molar-refractivity contribution in [3.63, 3.8) is 0 Å². The first-order valence-corrected chi connectivity index (χ1v) is 10.2. The van der Waals surface area contributed by atoms with E-state index in [1.165, 1.54) is 0 Å². The molecule has 0 bridgehead atoms. The fourth-order valence-corrected chi connectivity index (χ4v) is 4.71. The summed E-state index contributed by atoms with van der Waals surface area (Å²) in [4.78, 5) is -0.452. The van der Waals surface area contributed by atoms with Crippen LogP contribution in [0, 0.1) is 17.6 Å². The quantitative estimate of drug-likeness (QED) is 0.809. The molecule has 1 aromatic rings. The molecular formula is C14H18F2N2O4S2. The van der Waals surface area contributed by atoms with Gasteiger partial charge in [-0.3, -0.25) is 0 Å². The lowest BCUT2D eigenvalue weighted by Gasteiger charge is -2.31. The van der Waals surface area contributed by atoms with Crippen molar-refractivity contribution in [1.29, 1.82) is 0 Å². The lowest BCUT2D eigenvalue weighted by molar-refractivity contribution is 0.267. The number of piperidine rings is 1. The van der Waals surface area contributed by atoms with Crippen LogP contribution < -0.4 is 4.72 Å². The summed E-state index contributed by atoms with van der Waals surface area (Å²) in [6.07, 6.45) is 1.17. The maximum Gasteiger partial charge on any atom is 0.243 e. The van der Waals surface area contributed by atoms with Gasteiger partial charge in [-0.1, -0.05) is 6.58 Å². The third kappa shape index (κ3) is 4.59. The minimum atomic E-state index is -4.04. The summed E-state index contributed by atoms with van der Waals surface area (Å²) >= 11 is 0. The number of benzene rings is 1. The molecule has 0 aromatic heterocycles. The average Bonchev–Trinajstić information content (AvgIpc) is 2.52. The van der Waals surface area contributed by atoms with Gasteiger partial charge in [-0.2, -0.15) is 4.31 Å². The van der Waals surface area contributed by atoms with Gasteiger partial charge in [0.15, 0.2) is 0 Å². The standard InChI is InChI=1S/C14H18F2N2O4S2/c1-2-23(19,20)17-9-11-4-3-5-18(10-11)24(21,22)14-7-12(15)6-13(16)8-14/h2,6-8,11,17H,1,3-5,9-10H2/t11-/m1/s1. The van der Waals surface area contributed by atoms with Crippen molar-refractivity contribution in [2.75, 3.05) is 19.6 Å². The van der Waals surface area contributed by atoms with E-state index in [0.717, 1.165) is 21.8 Å². The van der Waals surface area contributed by atoms with Crippen LogP contribution in [0.5, 0.6) is 0 Å². The molecule has 0 spiro atoms. The normalized spacial score (nSPS) is 20.0. The Morgan fingerprint density at radius 3 is 2.42 bits per heavy atom. The van der Waals surface area contributed by atoms with E-state index in [4.69, 9.17) is 0 Å². The zero-order valence-electron chi connectivity index (χ0n) is 12.8. The van der Waals surface area contributed by atoms with Crippen molar-refractivity contribution in [1.82, 2.24) is 9.03 Å². The zero-order chi connectivity index (χ0) is 18.0. The third-order valence-electron chi connectivity index (χ3n) is 3.75. The first-order valence-electron chi connectivity index (χ1n) is 7.22. The number of sulfonamides is 2. The molecule has 1 aromatic carbocycles. The molecule has 1 N–H and O–H groups in total. The van der Waals surface area contributed by atoms with Crippen molar-refractivity contribution >= 4 is 20.0 Å². The molecule has 1 fully saturated rings. The van der Waals surface area contributed by atoms with Crippen molar-refractivity contribution in [3.05, 3.63) is 41.8 Å². The molecular weight excluding hydrogens is 362 g/mol. The summed E-state index contributed by atoms with van der Waals surface area (Å²) in [7, 11) is -7.63. The van der Waals surface area contributed by atoms with Gasteiger partial charge in [-0.05, 0) is 30.9 Å². The molecule has 1 atom stereocenters. The van der Waals surface area contributed by atoms with Gasteiger partial charge >= 0.3 is 0 Å². The van der Waals surface area contributed by atoms with Gasteiger partial charge < -0.3 is 0 Å². The van der Waals surface area contributed by atoms with E-state index in [2.05, 4.69) is 11.3 Å². The number of rotatable bonds is 6. The van der Waals surface area contributed by atoms with Crippen LogP contribution in [-0.4, -0.2) is 40.8 Å². The van der Waals surface area contributed by atoms with Crippen LogP contribution >= 0.6 is 0 Å². The Morgan fingerprint density at radius 1 is 1.21 bits per heavy atom. The average molecular weight is 380 g/mol. The highest BCUT2D eigenvalue weighted by atomic mass is 32.2. The highest BCUT2D eigenvalue weighted by Gasteiger charge is 2.31. The molecule has 6 nitrogen and oxygen atoms in total. The second-order valence-electron chi connectivity index (χ2n) is 5.54. The Hall–Kier alpha value is -1.36. The molecule has 1 aliphatic rings.